The third-order valence-electron chi connectivity index (χ3n) is 3.24. The van der Waals surface area contributed by atoms with Crippen molar-refractivity contribution in [2.75, 3.05) is 6.54 Å². The highest BCUT2D eigenvalue weighted by atomic mass is 35.7. The van der Waals surface area contributed by atoms with Gasteiger partial charge in [-0.2, -0.15) is 0 Å². The molecule has 2 rings (SSSR count). The summed E-state index contributed by atoms with van der Waals surface area (Å²) in [6.07, 6.45) is 3.32. The minimum Gasteiger partial charge on any atom is -0.352 e. The maximum absolute atomic E-state index is 13.7. The molecule has 1 fully saturated rings. The van der Waals surface area contributed by atoms with Crippen molar-refractivity contribution >= 4 is 25.6 Å². The Hall–Kier alpha value is -1.14. The highest BCUT2D eigenvalue weighted by Crippen LogP contribution is 2.25. The van der Waals surface area contributed by atoms with Crippen LogP contribution in [0.15, 0.2) is 23.1 Å². The van der Waals surface area contributed by atoms with Crippen molar-refractivity contribution in [1.29, 1.82) is 0 Å². The molecule has 0 radical (unpaired) electrons. The molecule has 1 aliphatic rings. The van der Waals surface area contributed by atoms with Gasteiger partial charge in [0, 0.05) is 17.2 Å². The van der Waals surface area contributed by atoms with Crippen molar-refractivity contribution in [3.8, 4) is 0 Å². The summed E-state index contributed by atoms with van der Waals surface area (Å²) in [5.74, 6) is -0.967. The van der Waals surface area contributed by atoms with Crippen LogP contribution in [0.3, 0.4) is 0 Å². The van der Waals surface area contributed by atoms with E-state index in [1.54, 1.807) is 0 Å². The normalized spacial score (nSPS) is 15.9. The predicted molar refractivity (Wildman–Crippen MR) is 69.1 cm³/mol. The number of carbonyl (C=O) groups is 1. The number of rotatable bonds is 4. The Morgan fingerprint density at radius 2 is 2.11 bits per heavy atom. The van der Waals surface area contributed by atoms with Gasteiger partial charge in [-0.05, 0) is 37.0 Å². The molecule has 1 N–H and O–H groups in total. The maximum atomic E-state index is 13.7. The van der Waals surface area contributed by atoms with Crippen LogP contribution < -0.4 is 5.32 Å². The molecule has 0 bridgehead atoms. The van der Waals surface area contributed by atoms with Gasteiger partial charge in [-0.3, -0.25) is 4.79 Å². The number of halogens is 2. The van der Waals surface area contributed by atoms with Gasteiger partial charge in [-0.25, -0.2) is 12.8 Å². The third kappa shape index (κ3) is 3.45. The first kappa shape index (κ1) is 14.3. The van der Waals surface area contributed by atoms with E-state index in [4.69, 9.17) is 10.7 Å². The zero-order chi connectivity index (χ0) is 14.0. The molecular weight excluding hydrogens is 293 g/mol. The Labute approximate surface area is 115 Å². The van der Waals surface area contributed by atoms with Gasteiger partial charge >= 0.3 is 0 Å². The lowest BCUT2D eigenvalue weighted by Crippen LogP contribution is -2.32. The number of amides is 1. The first-order valence-corrected chi connectivity index (χ1v) is 8.21. The molecule has 0 aromatic heterocycles. The molecule has 1 saturated carbocycles. The van der Waals surface area contributed by atoms with Gasteiger partial charge in [0.05, 0.1) is 10.5 Å². The fourth-order valence-electron chi connectivity index (χ4n) is 1.86. The van der Waals surface area contributed by atoms with E-state index in [-0.39, 0.29) is 10.5 Å². The molecule has 0 unspecified atom stereocenters. The summed E-state index contributed by atoms with van der Waals surface area (Å²) in [5, 5.41) is 2.64. The van der Waals surface area contributed by atoms with E-state index in [9.17, 15) is 17.6 Å². The van der Waals surface area contributed by atoms with Crippen LogP contribution in [0.4, 0.5) is 4.39 Å². The second-order valence-electron chi connectivity index (χ2n) is 4.59. The lowest BCUT2D eigenvalue weighted by molar-refractivity contribution is 0.0935. The smallest absolute Gasteiger partial charge is 0.261 e. The summed E-state index contributed by atoms with van der Waals surface area (Å²) in [4.78, 5) is 11.4. The molecule has 19 heavy (non-hydrogen) atoms. The second-order valence-corrected chi connectivity index (χ2v) is 7.15. The van der Waals surface area contributed by atoms with Gasteiger partial charge < -0.3 is 5.32 Å². The molecule has 0 spiro atoms. The van der Waals surface area contributed by atoms with Crippen LogP contribution >= 0.6 is 10.7 Å². The summed E-state index contributed by atoms with van der Waals surface area (Å²) in [7, 11) is 1.11. The zero-order valence-electron chi connectivity index (χ0n) is 10.0. The van der Waals surface area contributed by atoms with Gasteiger partial charge in [0.15, 0.2) is 0 Å². The fraction of sp³-hybridized carbons (Fsp3) is 0.417. The largest absolute Gasteiger partial charge is 0.352 e. The van der Waals surface area contributed by atoms with Gasteiger partial charge in [0.1, 0.15) is 5.82 Å². The highest BCUT2D eigenvalue weighted by Gasteiger charge is 2.20. The lowest BCUT2D eigenvalue weighted by atomic mass is 9.85. The number of benzene rings is 1. The van der Waals surface area contributed by atoms with Gasteiger partial charge in [-0.15, -0.1) is 0 Å². The Bertz CT molecular complexity index is 599. The van der Waals surface area contributed by atoms with Crippen LogP contribution in [0.2, 0.25) is 0 Å². The second kappa shape index (κ2) is 5.46. The van der Waals surface area contributed by atoms with Crippen LogP contribution in [-0.4, -0.2) is 20.9 Å². The Kier molecular flexibility index (Phi) is 4.10. The topological polar surface area (TPSA) is 63.2 Å². The first-order chi connectivity index (χ1) is 8.88. The molecule has 0 heterocycles. The SMILES string of the molecule is O=C(NCC1CCC1)c1ccc(S(=O)(=O)Cl)cc1F. The molecule has 4 nitrogen and oxygen atoms in total. The minimum atomic E-state index is -3.99. The monoisotopic (exact) mass is 305 g/mol. The standard InChI is InChI=1S/C12H13ClFNO3S/c13-19(17,18)9-4-5-10(11(14)6-9)12(16)15-7-8-2-1-3-8/h4-6,8H,1-3,7H2,(H,15,16). The molecule has 0 saturated heterocycles. The number of hydrogen-bond acceptors (Lipinski definition) is 3. The average Bonchev–Trinajstić information content (AvgIpc) is 2.25. The zero-order valence-corrected chi connectivity index (χ0v) is 11.6. The van der Waals surface area contributed by atoms with Crippen molar-refractivity contribution in [3.05, 3.63) is 29.6 Å². The van der Waals surface area contributed by atoms with E-state index in [0.29, 0.717) is 12.5 Å². The average molecular weight is 306 g/mol. The van der Waals surface area contributed by atoms with E-state index >= 15 is 0 Å². The van der Waals surface area contributed by atoms with Crippen molar-refractivity contribution < 1.29 is 17.6 Å². The molecule has 1 aliphatic carbocycles. The highest BCUT2D eigenvalue weighted by molar-refractivity contribution is 8.13. The van der Waals surface area contributed by atoms with Gasteiger partial charge in [0.2, 0.25) is 0 Å². The first-order valence-electron chi connectivity index (χ1n) is 5.90. The molecule has 104 valence electrons. The van der Waals surface area contributed by atoms with Crippen LogP contribution in [-0.2, 0) is 9.05 Å². The van der Waals surface area contributed by atoms with Crippen molar-refractivity contribution in [3.63, 3.8) is 0 Å². The Morgan fingerprint density at radius 1 is 1.42 bits per heavy atom. The molecule has 1 aromatic rings. The van der Waals surface area contributed by atoms with E-state index in [0.717, 1.165) is 37.5 Å². The minimum absolute atomic E-state index is 0.177. The Morgan fingerprint density at radius 3 is 2.58 bits per heavy atom. The molecule has 7 heteroatoms. The summed E-state index contributed by atoms with van der Waals surface area (Å²) in [6, 6.07) is 2.99. The summed E-state index contributed by atoms with van der Waals surface area (Å²) < 4.78 is 35.7. The summed E-state index contributed by atoms with van der Waals surface area (Å²) in [5.41, 5.74) is -0.177. The van der Waals surface area contributed by atoms with Gasteiger partial charge in [0.25, 0.3) is 15.0 Å². The molecule has 1 aromatic carbocycles. The maximum Gasteiger partial charge on any atom is 0.261 e. The van der Waals surface area contributed by atoms with Crippen LogP contribution in [0.25, 0.3) is 0 Å². The molecular formula is C12H13ClFNO3S. The lowest BCUT2D eigenvalue weighted by Gasteiger charge is -2.25. The van der Waals surface area contributed by atoms with E-state index in [1.807, 2.05) is 0 Å². The molecule has 0 atom stereocenters. The van der Waals surface area contributed by atoms with E-state index in [2.05, 4.69) is 5.32 Å². The fourth-order valence-corrected chi connectivity index (χ4v) is 2.62. The predicted octanol–water partition coefficient (Wildman–Crippen LogP) is 2.28. The van der Waals surface area contributed by atoms with E-state index in [1.165, 1.54) is 0 Å². The third-order valence-corrected chi connectivity index (χ3v) is 4.59. The summed E-state index contributed by atoms with van der Waals surface area (Å²) in [6.45, 7) is 0.522. The van der Waals surface area contributed by atoms with Crippen LogP contribution in [0.1, 0.15) is 29.6 Å². The van der Waals surface area contributed by atoms with Crippen molar-refractivity contribution in [1.82, 2.24) is 5.32 Å². The Balaban J connectivity index is 2.09. The van der Waals surface area contributed by atoms with Crippen LogP contribution in [0, 0.1) is 11.7 Å². The van der Waals surface area contributed by atoms with Gasteiger partial charge in [-0.1, -0.05) is 6.42 Å². The number of hydrogen-bond donors (Lipinski definition) is 1. The van der Waals surface area contributed by atoms with Crippen molar-refractivity contribution in [2.45, 2.75) is 24.2 Å². The number of carbonyl (C=O) groups excluding carboxylic acids is 1. The van der Waals surface area contributed by atoms with Crippen LogP contribution in [0.5, 0.6) is 0 Å². The van der Waals surface area contributed by atoms with E-state index < -0.39 is 20.8 Å². The molecule has 0 aliphatic heterocycles. The van der Waals surface area contributed by atoms with Crippen molar-refractivity contribution in [2.24, 2.45) is 5.92 Å². The summed E-state index contributed by atoms with van der Waals surface area (Å²) >= 11 is 0. The quantitative estimate of drug-likeness (QED) is 0.868. The molecule has 1 amide bonds. The number of nitrogens with one attached hydrogen (secondary N) is 1.